The second-order valence-electron chi connectivity index (χ2n) is 1.38. The van der Waals surface area contributed by atoms with Crippen molar-refractivity contribution in [3.63, 3.8) is 0 Å². The quantitative estimate of drug-likeness (QED) is 0.334. The summed E-state index contributed by atoms with van der Waals surface area (Å²) in [7, 11) is 0. The molecule has 0 saturated heterocycles. The number of ether oxygens (including phenoxy) is 1. The summed E-state index contributed by atoms with van der Waals surface area (Å²) in [6, 6.07) is 0. The van der Waals surface area contributed by atoms with Gasteiger partial charge >= 0.3 is 9.94 Å². The highest BCUT2D eigenvalue weighted by Crippen LogP contribution is 2.35. The van der Waals surface area contributed by atoms with Crippen LogP contribution in [0.1, 0.15) is 0 Å². The van der Waals surface area contributed by atoms with Crippen LogP contribution in [0, 0.1) is 0 Å². The summed E-state index contributed by atoms with van der Waals surface area (Å²) in [6.45, 7) is 2.89. The lowest BCUT2D eigenvalue weighted by Gasteiger charge is -2.13. The van der Waals surface area contributed by atoms with Crippen LogP contribution < -0.4 is 0 Å². The molecule has 0 aromatic heterocycles. The van der Waals surface area contributed by atoms with Crippen LogP contribution in [0.25, 0.3) is 0 Å². The van der Waals surface area contributed by atoms with E-state index in [1.54, 1.807) is 0 Å². The van der Waals surface area contributed by atoms with E-state index in [0.717, 1.165) is 22.6 Å². The predicted molar refractivity (Wildman–Crippen MR) is 39.5 cm³/mol. The number of hydrogen-bond donors (Lipinski definition) is 0. The van der Waals surface area contributed by atoms with E-state index in [4.69, 9.17) is 0 Å². The fraction of sp³-hybridized carbons (Fsp3) is 0.200. The molecule has 11 heavy (non-hydrogen) atoms. The van der Waals surface area contributed by atoms with Crippen LogP contribution in [0.5, 0.6) is 0 Å². The van der Waals surface area contributed by atoms with E-state index in [1.165, 1.54) is 0 Å². The topological polar surface area (TPSA) is 9.23 Å². The van der Waals surface area contributed by atoms with Crippen molar-refractivity contribution >= 4 is 22.6 Å². The Morgan fingerprint density at radius 1 is 1.45 bits per heavy atom. The van der Waals surface area contributed by atoms with Gasteiger partial charge < -0.3 is 4.74 Å². The number of alkyl halides is 2. The smallest absolute Gasteiger partial charge is 0.356 e. The lowest BCUT2D eigenvalue weighted by atomic mass is 10.6. The van der Waals surface area contributed by atoms with E-state index in [1.807, 2.05) is 0 Å². The molecule has 0 saturated carbocycles. The average molecular weight is 282 g/mol. The van der Waals surface area contributed by atoms with Gasteiger partial charge in [-0.3, -0.25) is 0 Å². The van der Waals surface area contributed by atoms with Crippen molar-refractivity contribution < 1.29 is 22.3 Å². The second-order valence-corrected chi connectivity index (χ2v) is 2.76. The third-order valence-electron chi connectivity index (χ3n) is 0.653. The Morgan fingerprint density at radius 2 is 1.91 bits per heavy atom. The Morgan fingerprint density at radius 3 is 2.18 bits per heavy atom. The van der Waals surface area contributed by atoms with Crippen LogP contribution >= 0.6 is 22.6 Å². The highest BCUT2D eigenvalue weighted by atomic mass is 127. The normalized spacial score (nSPS) is 15.0. The van der Waals surface area contributed by atoms with Gasteiger partial charge in [-0.2, -0.15) is 17.6 Å². The van der Waals surface area contributed by atoms with Crippen LogP contribution in [0.4, 0.5) is 17.6 Å². The summed E-state index contributed by atoms with van der Waals surface area (Å²) in [4.78, 5) is 0. The molecular weight excluding hydrogens is 279 g/mol. The van der Waals surface area contributed by atoms with Gasteiger partial charge in [0, 0.05) is 22.6 Å². The van der Waals surface area contributed by atoms with Crippen LogP contribution in [-0.2, 0) is 4.74 Å². The maximum Gasteiger partial charge on any atom is 0.356 e. The molecule has 0 spiro atoms. The van der Waals surface area contributed by atoms with E-state index in [-0.39, 0.29) is 0 Å². The SMILES string of the molecule is C=COC(F)(I)C(F)=C(F)F. The summed E-state index contributed by atoms with van der Waals surface area (Å²) in [5, 5.41) is 0. The summed E-state index contributed by atoms with van der Waals surface area (Å²) in [5.41, 5.74) is 0. The third kappa shape index (κ3) is 3.08. The highest BCUT2D eigenvalue weighted by molar-refractivity contribution is 14.1. The third-order valence-corrected chi connectivity index (χ3v) is 1.38. The van der Waals surface area contributed by atoms with Crippen molar-refractivity contribution in [2.24, 2.45) is 0 Å². The molecule has 64 valence electrons. The van der Waals surface area contributed by atoms with Crippen LogP contribution in [0.2, 0.25) is 0 Å². The summed E-state index contributed by atoms with van der Waals surface area (Å²) in [5.74, 6) is -2.25. The molecule has 1 unspecified atom stereocenters. The Kier molecular flexibility index (Phi) is 3.84. The predicted octanol–water partition coefficient (Wildman–Crippen LogP) is 3.28. The summed E-state index contributed by atoms with van der Waals surface area (Å²) in [6.07, 6.45) is -2.21. The van der Waals surface area contributed by atoms with E-state index in [9.17, 15) is 17.6 Å². The average Bonchev–Trinajstić information content (AvgIpc) is 1.86. The molecule has 0 aliphatic carbocycles. The maximum absolute atomic E-state index is 12.5. The lowest BCUT2D eigenvalue weighted by Crippen LogP contribution is -2.16. The van der Waals surface area contributed by atoms with Gasteiger partial charge in [0.1, 0.15) is 0 Å². The molecule has 0 fully saturated rings. The van der Waals surface area contributed by atoms with Gasteiger partial charge in [-0.05, 0) is 0 Å². The molecule has 0 radical (unpaired) electrons. The van der Waals surface area contributed by atoms with Crippen molar-refractivity contribution in [2.45, 2.75) is 3.86 Å². The fourth-order valence-electron chi connectivity index (χ4n) is 0.266. The summed E-state index contributed by atoms with van der Waals surface area (Å²) >= 11 is 0.744. The number of halogens is 5. The van der Waals surface area contributed by atoms with Crippen molar-refractivity contribution in [1.82, 2.24) is 0 Å². The van der Waals surface area contributed by atoms with E-state index >= 15 is 0 Å². The first-order valence-electron chi connectivity index (χ1n) is 2.29. The molecule has 0 rings (SSSR count). The molecular formula is C5H3F4IO. The number of rotatable bonds is 3. The minimum atomic E-state index is -3.15. The standard InChI is InChI=1S/C5H3F4IO/c1-2-11-5(9,10)3(6)4(7)8/h2H,1H2. The molecule has 1 atom stereocenters. The summed E-state index contributed by atoms with van der Waals surface area (Å²) < 4.78 is 48.0. The lowest BCUT2D eigenvalue weighted by molar-refractivity contribution is 0.0152. The highest BCUT2D eigenvalue weighted by Gasteiger charge is 2.37. The Labute approximate surface area is 73.9 Å². The van der Waals surface area contributed by atoms with Crippen LogP contribution in [0.3, 0.4) is 0 Å². The van der Waals surface area contributed by atoms with Crippen molar-refractivity contribution in [2.75, 3.05) is 0 Å². The van der Waals surface area contributed by atoms with Gasteiger partial charge in [-0.25, -0.2) is 0 Å². The van der Waals surface area contributed by atoms with Gasteiger partial charge in [-0.1, -0.05) is 6.58 Å². The Hall–Kier alpha value is -0.270. The molecule has 0 aliphatic rings. The Balaban J connectivity index is 4.54. The fourth-order valence-corrected chi connectivity index (χ4v) is 0.650. The number of hydrogen-bond acceptors (Lipinski definition) is 1. The largest absolute Gasteiger partial charge is 0.453 e. The first kappa shape index (κ1) is 10.7. The zero-order chi connectivity index (χ0) is 9.07. The van der Waals surface area contributed by atoms with E-state index in [0.29, 0.717) is 6.26 Å². The maximum atomic E-state index is 12.5. The molecule has 0 aromatic rings. The molecule has 0 aromatic carbocycles. The van der Waals surface area contributed by atoms with Crippen molar-refractivity contribution in [3.8, 4) is 0 Å². The van der Waals surface area contributed by atoms with E-state index < -0.39 is 15.8 Å². The van der Waals surface area contributed by atoms with Gasteiger partial charge in [0.25, 0.3) is 5.83 Å². The molecule has 0 bridgehead atoms. The molecule has 0 N–H and O–H groups in total. The zero-order valence-corrected chi connectivity index (χ0v) is 7.24. The van der Waals surface area contributed by atoms with Gasteiger partial charge in [0.05, 0.1) is 6.26 Å². The van der Waals surface area contributed by atoms with Crippen molar-refractivity contribution in [1.29, 1.82) is 0 Å². The van der Waals surface area contributed by atoms with Crippen LogP contribution in [-0.4, -0.2) is 3.86 Å². The first-order chi connectivity index (χ1) is 4.91. The zero-order valence-electron chi connectivity index (χ0n) is 5.08. The van der Waals surface area contributed by atoms with Gasteiger partial charge in [0.15, 0.2) is 0 Å². The van der Waals surface area contributed by atoms with Crippen LogP contribution in [0.15, 0.2) is 24.7 Å². The van der Waals surface area contributed by atoms with E-state index in [2.05, 4.69) is 11.3 Å². The van der Waals surface area contributed by atoms with Crippen molar-refractivity contribution in [3.05, 3.63) is 24.7 Å². The molecule has 0 amide bonds. The first-order valence-corrected chi connectivity index (χ1v) is 3.37. The molecule has 0 aliphatic heterocycles. The van der Waals surface area contributed by atoms with Gasteiger partial charge in [0.2, 0.25) is 0 Å². The van der Waals surface area contributed by atoms with Gasteiger partial charge in [-0.15, -0.1) is 0 Å². The Bertz CT molecular complexity index is 185. The minimum absolute atomic E-state index is 0.537. The monoisotopic (exact) mass is 282 g/mol. The molecule has 1 nitrogen and oxygen atoms in total. The minimum Gasteiger partial charge on any atom is -0.453 e. The molecule has 6 heteroatoms. The molecule has 0 heterocycles. The second kappa shape index (κ2) is 3.93.